The molecule has 1 aromatic carbocycles. The van der Waals surface area contributed by atoms with Crippen LogP contribution >= 0.6 is 11.3 Å². The number of para-hydroxylation sites is 1. The Balaban J connectivity index is 1.80. The molecular weight excluding hydrogens is 316 g/mol. The molecule has 2 heterocycles. The fraction of sp³-hybridized carbons (Fsp3) is 0.300. The second-order valence-corrected chi connectivity index (χ2v) is 7.41. The molecule has 24 heavy (non-hydrogen) atoms. The lowest BCUT2D eigenvalue weighted by Gasteiger charge is -2.23. The van der Waals surface area contributed by atoms with E-state index in [0.29, 0.717) is 6.54 Å². The van der Waals surface area contributed by atoms with Crippen LogP contribution in [0.4, 0.5) is 0 Å². The molecule has 0 spiro atoms. The molecule has 4 heteroatoms. The number of aryl methyl sites for hydroxylation is 1. The number of hydrogen-bond acceptors (Lipinski definition) is 3. The Labute approximate surface area is 146 Å². The Hall–Kier alpha value is -2.20. The summed E-state index contributed by atoms with van der Waals surface area (Å²) >= 11 is 1.69. The number of thiophene rings is 1. The van der Waals surface area contributed by atoms with Crippen molar-refractivity contribution in [3.8, 4) is 0 Å². The van der Waals surface area contributed by atoms with Gasteiger partial charge in [0, 0.05) is 23.0 Å². The highest BCUT2D eigenvalue weighted by molar-refractivity contribution is 7.09. The molecule has 0 saturated heterocycles. The van der Waals surface area contributed by atoms with Gasteiger partial charge in [0.1, 0.15) is 0 Å². The van der Waals surface area contributed by atoms with Crippen molar-refractivity contribution in [1.82, 2.24) is 9.88 Å². The molecule has 1 aliphatic carbocycles. The van der Waals surface area contributed by atoms with Crippen LogP contribution in [0, 0.1) is 0 Å². The van der Waals surface area contributed by atoms with Crippen LogP contribution in [0.1, 0.15) is 39.3 Å². The van der Waals surface area contributed by atoms with Gasteiger partial charge >= 0.3 is 0 Å². The van der Waals surface area contributed by atoms with Gasteiger partial charge in [-0.15, -0.1) is 11.3 Å². The van der Waals surface area contributed by atoms with Gasteiger partial charge in [-0.25, -0.2) is 0 Å². The third-order valence-corrected chi connectivity index (χ3v) is 5.56. The number of hydrogen-bond donors (Lipinski definition) is 0. The highest BCUT2D eigenvalue weighted by Gasteiger charge is 2.24. The lowest BCUT2D eigenvalue weighted by Crippen LogP contribution is -2.28. The van der Waals surface area contributed by atoms with E-state index < -0.39 is 0 Å². The highest BCUT2D eigenvalue weighted by atomic mass is 32.1. The average Bonchev–Trinajstić information content (AvgIpc) is 3.12. The van der Waals surface area contributed by atoms with Gasteiger partial charge in [0.25, 0.3) is 5.91 Å². The van der Waals surface area contributed by atoms with Crippen LogP contribution in [0.5, 0.6) is 0 Å². The van der Waals surface area contributed by atoms with E-state index in [9.17, 15) is 4.79 Å². The molecule has 4 rings (SSSR count). The summed E-state index contributed by atoms with van der Waals surface area (Å²) in [6, 6.07) is 12.1. The van der Waals surface area contributed by atoms with Gasteiger partial charge in [-0.05, 0) is 48.8 Å². The van der Waals surface area contributed by atoms with Gasteiger partial charge in [-0.3, -0.25) is 9.78 Å². The third kappa shape index (κ3) is 2.71. The van der Waals surface area contributed by atoms with Gasteiger partial charge in [-0.1, -0.05) is 24.3 Å². The number of pyridine rings is 1. The number of aromatic nitrogens is 1. The number of carbonyl (C=O) groups is 1. The molecule has 3 nitrogen and oxygen atoms in total. The zero-order chi connectivity index (χ0) is 16.5. The summed E-state index contributed by atoms with van der Waals surface area (Å²) in [7, 11) is 1.90. The van der Waals surface area contributed by atoms with Crippen molar-refractivity contribution < 1.29 is 4.79 Å². The molecule has 0 bridgehead atoms. The van der Waals surface area contributed by atoms with Gasteiger partial charge in [0.2, 0.25) is 0 Å². The minimum absolute atomic E-state index is 0.111. The Bertz CT molecular complexity index is 886. The molecule has 3 aromatic rings. The molecule has 0 aliphatic heterocycles. The first-order valence-electron chi connectivity index (χ1n) is 8.42. The summed E-state index contributed by atoms with van der Waals surface area (Å²) in [5.41, 5.74) is 4.09. The fourth-order valence-electron chi connectivity index (χ4n) is 3.52. The minimum Gasteiger partial charge on any atom is -0.337 e. The predicted octanol–water partition coefficient (Wildman–Crippen LogP) is 4.45. The zero-order valence-corrected chi connectivity index (χ0v) is 14.6. The number of fused-ring (bicyclic) bond motifs is 2. The minimum atomic E-state index is 0.111. The van der Waals surface area contributed by atoms with Crippen molar-refractivity contribution >= 4 is 28.1 Å². The van der Waals surface area contributed by atoms with Crippen molar-refractivity contribution in [2.24, 2.45) is 0 Å². The van der Waals surface area contributed by atoms with Crippen LogP contribution in [0.25, 0.3) is 10.9 Å². The van der Waals surface area contributed by atoms with E-state index in [-0.39, 0.29) is 5.91 Å². The maximum atomic E-state index is 13.3. The largest absolute Gasteiger partial charge is 0.337 e. The Morgan fingerprint density at radius 3 is 2.83 bits per heavy atom. The summed E-state index contributed by atoms with van der Waals surface area (Å²) in [6.07, 6.45) is 4.25. The number of amides is 1. The Morgan fingerprint density at radius 2 is 2.00 bits per heavy atom. The van der Waals surface area contributed by atoms with E-state index in [4.69, 9.17) is 4.98 Å². The smallest absolute Gasteiger partial charge is 0.254 e. The lowest BCUT2D eigenvalue weighted by atomic mass is 9.89. The fourth-order valence-corrected chi connectivity index (χ4v) is 4.27. The molecule has 2 aromatic heterocycles. The molecule has 1 aliphatic rings. The van der Waals surface area contributed by atoms with Crippen molar-refractivity contribution in [2.75, 3.05) is 7.05 Å². The van der Waals surface area contributed by atoms with Crippen LogP contribution in [-0.2, 0) is 19.4 Å². The van der Waals surface area contributed by atoms with E-state index in [1.807, 2.05) is 42.3 Å². The maximum absolute atomic E-state index is 13.3. The standard InChI is InChI=1S/C20H20N2OS/c1-22(13-14-7-6-12-24-14)20(23)19-15-8-2-4-10-17(15)21-18-11-5-3-9-16(18)19/h2,4,6-8,10,12H,3,5,9,11,13H2,1H3. The number of carbonyl (C=O) groups excluding carboxylic acids is 1. The molecule has 0 radical (unpaired) electrons. The van der Waals surface area contributed by atoms with Gasteiger partial charge in [0.05, 0.1) is 17.6 Å². The first kappa shape index (κ1) is 15.3. The quantitative estimate of drug-likeness (QED) is 0.708. The predicted molar refractivity (Wildman–Crippen MR) is 98.5 cm³/mol. The van der Waals surface area contributed by atoms with E-state index in [0.717, 1.165) is 47.8 Å². The molecule has 0 saturated carbocycles. The Morgan fingerprint density at radius 1 is 1.17 bits per heavy atom. The van der Waals surface area contributed by atoms with Crippen molar-refractivity contribution in [3.05, 3.63) is 63.5 Å². The summed E-state index contributed by atoms with van der Waals surface area (Å²) in [5, 5.41) is 3.04. The highest BCUT2D eigenvalue weighted by Crippen LogP contribution is 2.30. The number of rotatable bonds is 3. The van der Waals surface area contributed by atoms with Gasteiger partial charge in [-0.2, -0.15) is 0 Å². The van der Waals surface area contributed by atoms with E-state index in [1.54, 1.807) is 11.3 Å². The molecular formula is C20H20N2OS. The normalized spacial score (nSPS) is 13.7. The molecule has 0 N–H and O–H groups in total. The van der Waals surface area contributed by atoms with Crippen LogP contribution in [0.2, 0.25) is 0 Å². The molecule has 0 fully saturated rings. The lowest BCUT2D eigenvalue weighted by molar-refractivity contribution is 0.0787. The molecule has 122 valence electrons. The van der Waals surface area contributed by atoms with Crippen LogP contribution < -0.4 is 0 Å². The van der Waals surface area contributed by atoms with E-state index in [1.165, 1.54) is 10.4 Å². The van der Waals surface area contributed by atoms with Crippen molar-refractivity contribution in [1.29, 1.82) is 0 Å². The Kier molecular flexibility index (Phi) is 4.07. The first-order valence-corrected chi connectivity index (χ1v) is 9.30. The molecule has 1 amide bonds. The average molecular weight is 336 g/mol. The van der Waals surface area contributed by atoms with Crippen LogP contribution in [-0.4, -0.2) is 22.8 Å². The van der Waals surface area contributed by atoms with Crippen LogP contribution in [0.15, 0.2) is 41.8 Å². The van der Waals surface area contributed by atoms with Crippen LogP contribution in [0.3, 0.4) is 0 Å². The summed E-state index contributed by atoms with van der Waals surface area (Å²) in [4.78, 5) is 21.1. The monoisotopic (exact) mass is 336 g/mol. The SMILES string of the molecule is CN(Cc1cccs1)C(=O)c1c2c(nc3ccccc13)CCCC2. The van der Waals surface area contributed by atoms with E-state index >= 15 is 0 Å². The zero-order valence-electron chi connectivity index (χ0n) is 13.8. The summed E-state index contributed by atoms with van der Waals surface area (Å²) in [6.45, 7) is 0.655. The first-order chi connectivity index (χ1) is 11.7. The summed E-state index contributed by atoms with van der Waals surface area (Å²) in [5.74, 6) is 0.111. The maximum Gasteiger partial charge on any atom is 0.254 e. The molecule has 0 atom stereocenters. The van der Waals surface area contributed by atoms with Crippen molar-refractivity contribution in [3.63, 3.8) is 0 Å². The van der Waals surface area contributed by atoms with Gasteiger partial charge < -0.3 is 4.90 Å². The number of nitrogens with zero attached hydrogens (tertiary/aromatic N) is 2. The number of benzene rings is 1. The second kappa shape index (κ2) is 6.36. The topological polar surface area (TPSA) is 33.2 Å². The second-order valence-electron chi connectivity index (χ2n) is 6.38. The van der Waals surface area contributed by atoms with E-state index in [2.05, 4.69) is 11.4 Å². The molecule has 0 unspecified atom stereocenters. The van der Waals surface area contributed by atoms with Gasteiger partial charge in [0.15, 0.2) is 0 Å². The third-order valence-electron chi connectivity index (χ3n) is 4.70. The van der Waals surface area contributed by atoms with Crippen molar-refractivity contribution in [2.45, 2.75) is 32.2 Å². The summed E-state index contributed by atoms with van der Waals surface area (Å²) < 4.78 is 0.